The lowest BCUT2D eigenvalue weighted by Crippen LogP contribution is -2.28. The number of aromatic nitrogens is 2. The Balaban J connectivity index is 1.56. The van der Waals surface area contributed by atoms with Gasteiger partial charge in [-0.05, 0) is 48.9 Å². The molecule has 2 aromatic heterocycles. The third kappa shape index (κ3) is 4.12. The Morgan fingerprint density at radius 2 is 1.73 bits per heavy atom. The number of anilines is 1. The fourth-order valence-corrected chi connectivity index (χ4v) is 3.54. The minimum atomic E-state index is -0.265. The van der Waals surface area contributed by atoms with E-state index in [0.29, 0.717) is 23.5 Å². The van der Waals surface area contributed by atoms with Gasteiger partial charge in [-0.2, -0.15) is 0 Å². The normalized spacial score (nSPS) is 10.9. The molecule has 1 N–H and O–H groups in total. The fraction of sp³-hybridized carbons (Fsp3) is 0.167. The lowest BCUT2D eigenvalue weighted by molar-refractivity contribution is -0.116. The highest BCUT2D eigenvalue weighted by atomic mass is 16.5. The first kappa shape index (κ1) is 19.5. The van der Waals surface area contributed by atoms with Crippen LogP contribution in [-0.4, -0.2) is 22.2 Å². The van der Waals surface area contributed by atoms with E-state index >= 15 is 0 Å². The molecule has 1 amide bonds. The third-order valence-corrected chi connectivity index (χ3v) is 5.02. The molecule has 2 heterocycles. The van der Waals surface area contributed by atoms with Gasteiger partial charge in [-0.3, -0.25) is 9.59 Å². The van der Waals surface area contributed by atoms with Crippen molar-refractivity contribution in [3.8, 4) is 5.75 Å². The summed E-state index contributed by atoms with van der Waals surface area (Å²) in [5, 5.41) is 3.67. The van der Waals surface area contributed by atoms with Gasteiger partial charge in [0.2, 0.25) is 5.91 Å². The predicted molar refractivity (Wildman–Crippen MR) is 118 cm³/mol. The van der Waals surface area contributed by atoms with Crippen LogP contribution in [0.15, 0.2) is 77.9 Å². The van der Waals surface area contributed by atoms with Crippen molar-refractivity contribution in [3.05, 3.63) is 94.5 Å². The summed E-state index contributed by atoms with van der Waals surface area (Å²) in [5.41, 5.74) is 3.36. The Morgan fingerprint density at radius 3 is 2.43 bits per heavy atom. The Labute approximate surface area is 174 Å². The van der Waals surface area contributed by atoms with Crippen LogP contribution in [0.5, 0.6) is 5.75 Å². The summed E-state index contributed by atoms with van der Waals surface area (Å²) >= 11 is 0. The SMILES string of the molecule is COc1ccc(NC(=O)Cn2ccc3ccn(Cc4cccc(C)c4)c3c2=O)cc1. The maximum Gasteiger partial charge on any atom is 0.275 e. The minimum absolute atomic E-state index is 0.0591. The summed E-state index contributed by atoms with van der Waals surface area (Å²) < 4.78 is 8.49. The standard InChI is InChI=1S/C24H23N3O3/c1-17-4-3-5-18(14-17)15-26-12-10-19-11-13-27(24(29)23(19)26)16-22(28)25-20-6-8-21(30-2)9-7-20/h3-14H,15-16H2,1-2H3,(H,25,28). The second-order valence-electron chi connectivity index (χ2n) is 7.26. The first-order valence-corrected chi connectivity index (χ1v) is 9.71. The number of pyridine rings is 1. The molecule has 152 valence electrons. The zero-order valence-electron chi connectivity index (χ0n) is 17.0. The number of hydrogen-bond acceptors (Lipinski definition) is 3. The number of amides is 1. The molecule has 0 saturated carbocycles. The van der Waals surface area contributed by atoms with Crippen LogP contribution in [0, 0.1) is 6.92 Å². The number of hydrogen-bond donors (Lipinski definition) is 1. The molecule has 6 nitrogen and oxygen atoms in total. The highest BCUT2D eigenvalue weighted by Crippen LogP contribution is 2.16. The van der Waals surface area contributed by atoms with E-state index in [-0.39, 0.29) is 18.0 Å². The summed E-state index contributed by atoms with van der Waals surface area (Å²) in [6.45, 7) is 2.59. The monoisotopic (exact) mass is 401 g/mol. The number of benzene rings is 2. The van der Waals surface area contributed by atoms with E-state index in [1.54, 1.807) is 37.6 Å². The number of carbonyl (C=O) groups excluding carboxylic acids is 1. The van der Waals surface area contributed by atoms with Crippen molar-refractivity contribution in [1.82, 2.24) is 9.13 Å². The van der Waals surface area contributed by atoms with Gasteiger partial charge in [-0.15, -0.1) is 0 Å². The van der Waals surface area contributed by atoms with Gasteiger partial charge in [0.15, 0.2) is 0 Å². The molecule has 0 fully saturated rings. The average Bonchev–Trinajstić information content (AvgIpc) is 3.14. The molecule has 0 aliphatic rings. The van der Waals surface area contributed by atoms with Gasteiger partial charge < -0.3 is 19.2 Å². The van der Waals surface area contributed by atoms with Crippen LogP contribution in [0.4, 0.5) is 5.69 Å². The topological polar surface area (TPSA) is 65.3 Å². The molecule has 6 heteroatoms. The summed E-state index contributed by atoms with van der Waals surface area (Å²) in [6, 6.07) is 19.1. The Bertz CT molecular complexity index is 1250. The molecule has 0 aliphatic carbocycles. The maximum atomic E-state index is 13.1. The molecule has 4 aromatic rings. The highest BCUT2D eigenvalue weighted by molar-refractivity contribution is 5.90. The number of ether oxygens (including phenoxy) is 1. The van der Waals surface area contributed by atoms with Gasteiger partial charge in [-0.25, -0.2) is 0 Å². The largest absolute Gasteiger partial charge is 0.497 e. The highest BCUT2D eigenvalue weighted by Gasteiger charge is 2.11. The zero-order chi connectivity index (χ0) is 21.1. The van der Waals surface area contributed by atoms with E-state index in [2.05, 4.69) is 11.4 Å². The molecule has 2 aromatic carbocycles. The van der Waals surface area contributed by atoms with E-state index in [9.17, 15) is 9.59 Å². The number of nitrogens with one attached hydrogen (secondary N) is 1. The van der Waals surface area contributed by atoms with Crippen LogP contribution in [0.1, 0.15) is 11.1 Å². The summed E-state index contributed by atoms with van der Waals surface area (Å²) in [7, 11) is 1.59. The Morgan fingerprint density at radius 1 is 1.00 bits per heavy atom. The number of fused-ring (bicyclic) bond motifs is 1. The molecule has 30 heavy (non-hydrogen) atoms. The van der Waals surface area contributed by atoms with Gasteiger partial charge in [0.25, 0.3) is 5.56 Å². The summed E-state index contributed by atoms with van der Waals surface area (Å²) in [4.78, 5) is 25.6. The summed E-state index contributed by atoms with van der Waals surface area (Å²) in [5.74, 6) is 0.447. The quantitative estimate of drug-likeness (QED) is 0.534. The van der Waals surface area contributed by atoms with Crippen molar-refractivity contribution in [1.29, 1.82) is 0 Å². The maximum absolute atomic E-state index is 13.1. The van der Waals surface area contributed by atoms with Crippen LogP contribution in [-0.2, 0) is 17.9 Å². The minimum Gasteiger partial charge on any atom is -0.497 e. The Kier molecular flexibility index (Phi) is 5.39. The van der Waals surface area contributed by atoms with E-state index in [0.717, 1.165) is 10.9 Å². The van der Waals surface area contributed by atoms with Crippen LogP contribution in [0.3, 0.4) is 0 Å². The molecule has 0 aliphatic heterocycles. The first-order chi connectivity index (χ1) is 14.5. The number of nitrogens with zero attached hydrogens (tertiary/aromatic N) is 2. The van der Waals surface area contributed by atoms with Gasteiger partial charge in [0.05, 0.1) is 7.11 Å². The molecule has 0 bridgehead atoms. The van der Waals surface area contributed by atoms with Gasteiger partial charge >= 0.3 is 0 Å². The van der Waals surface area contributed by atoms with Crippen molar-refractivity contribution in [2.45, 2.75) is 20.0 Å². The van der Waals surface area contributed by atoms with E-state index in [1.165, 1.54) is 10.1 Å². The van der Waals surface area contributed by atoms with Crippen molar-refractivity contribution < 1.29 is 9.53 Å². The average molecular weight is 401 g/mol. The number of rotatable bonds is 6. The van der Waals surface area contributed by atoms with Crippen LogP contribution < -0.4 is 15.6 Å². The van der Waals surface area contributed by atoms with Crippen molar-refractivity contribution in [2.75, 3.05) is 12.4 Å². The van der Waals surface area contributed by atoms with Gasteiger partial charge in [0.1, 0.15) is 17.8 Å². The molecule has 0 unspecified atom stereocenters. The van der Waals surface area contributed by atoms with Crippen LogP contribution >= 0.6 is 0 Å². The Hall–Kier alpha value is -3.80. The van der Waals surface area contributed by atoms with E-state index in [4.69, 9.17) is 4.74 Å². The number of methoxy groups -OCH3 is 1. The second-order valence-corrected chi connectivity index (χ2v) is 7.26. The molecule has 0 spiro atoms. The van der Waals surface area contributed by atoms with Crippen molar-refractivity contribution in [3.63, 3.8) is 0 Å². The second kappa shape index (κ2) is 8.29. The van der Waals surface area contributed by atoms with Crippen molar-refractivity contribution in [2.24, 2.45) is 0 Å². The fourth-order valence-electron chi connectivity index (χ4n) is 3.54. The van der Waals surface area contributed by atoms with E-state index < -0.39 is 0 Å². The molecule has 0 saturated heterocycles. The lowest BCUT2D eigenvalue weighted by Gasteiger charge is -2.10. The lowest BCUT2D eigenvalue weighted by atomic mass is 10.1. The number of carbonyl (C=O) groups is 1. The molecule has 0 radical (unpaired) electrons. The van der Waals surface area contributed by atoms with Crippen LogP contribution in [0.25, 0.3) is 10.9 Å². The molecular weight excluding hydrogens is 378 g/mol. The molecule has 4 rings (SSSR count). The third-order valence-electron chi connectivity index (χ3n) is 5.02. The smallest absolute Gasteiger partial charge is 0.275 e. The van der Waals surface area contributed by atoms with Gasteiger partial charge in [0, 0.05) is 30.0 Å². The van der Waals surface area contributed by atoms with Crippen LogP contribution in [0.2, 0.25) is 0 Å². The zero-order valence-corrected chi connectivity index (χ0v) is 17.0. The predicted octanol–water partition coefficient (Wildman–Crippen LogP) is 3.81. The van der Waals surface area contributed by atoms with Gasteiger partial charge in [-0.1, -0.05) is 29.8 Å². The first-order valence-electron chi connectivity index (χ1n) is 9.71. The number of aryl methyl sites for hydroxylation is 1. The molecular formula is C24H23N3O3. The molecule has 0 atom stereocenters. The van der Waals surface area contributed by atoms with E-state index in [1.807, 2.05) is 48.0 Å². The van der Waals surface area contributed by atoms with Crippen molar-refractivity contribution >= 4 is 22.5 Å². The summed E-state index contributed by atoms with van der Waals surface area (Å²) in [6.07, 6.45) is 3.57.